The largest absolute Gasteiger partial charge is 0.447 e. The third kappa shape index (κ3) is 3.88. The minimum atomic E-state index is -3.86. The first-order valence-electron chi connectivity index (χ1n) is 5.92. The van der Waals surface area contributed by atoms with Crippen molar-refractivity contribution in [3.63, 3.8) is 0 Å². The van der Waals surface area contributed by atoms with Gasteiger partial charge in [-0.25, -0.2) is 13.6 Å². The average molecular weight is 311 g/mol. The van der Waals surface area contributed by atoms with Crippen molar-refractivity contribution >= 4 is 15.7 Å². The van der Waals surface area contributed by atoms with Gasteiger partial charge in [-0.1, -0.05) is 18.2 Å². The first-order valence-corrected chi connectivity index (χ1v) is 7.47. The molecular weight excluding hydrogens is 298 g/mol. The Morgan fingerprint density at radius 1 is 1.19 bits per heavy atom. The topological polar surface area (TPSA) is 128 Å². The number of hydrogen-bond acceptors (Lipinski definition) is 6. The molecule has 8 nitrogen and oxygen atoms in total. The summed E-state index contributed by atoms with van der Waals surface area (Å²) in [4.78, 5) is 10.4. The molecule has 0 atom stereocenters. The molecule has 0 fully saturated rings. The molecule has 0 aliphatic rings. The third-order valence-corrected chi connectivity index (χ3v) is 3.50. The van der Waals surface area contributed by atoms with Crippen molar-refractivity contribution < 1.29 is 17.8 Å². The van der Waals surface area contributed by atoms with Crippen LogP contribution in [0.25, 0.3) is 0 Å². The van der Waals surface area contributed by atoms with Crippen molar-refractivity contribution in [1.82, 2.24) is 5.32 Å². The first kappa shape index (κ1) is 15.2. The van der Waals surface area contributed by atoms with E-state index in [-0.39, 0.29) is 23.9 Å². The Kier molecular flexibility index (Phi) is 4.36. The average Bonchev–Trinajstić information content (AvgIpc) is 2.88. The molecule has 2 rings (SSSR count). The van der Waals surface area contributed by atoms with Gasteiger partial charge >= 0.3 is 0 Å². The minimum absolute atomic E-state index is 0.0228. The van der Waals surface area contributed by atoms with Crippen LogP contribution in [0.15, 0.2) is 45.9 Å². The summed E-state index contributed by atoms with van der Waals surface area (Å²) in [6.45, 7) is 0.476. The molecule has 0 unspecified atom stereocenters. The molecule has 0 aliphatic heterocycles. The van der Waals surface area contributed by atoms with E-state index in [0.717, 1.165) is 0 Å². The number of furan rings is 1. The maximum atomic E-state index is 11.0. The maximum absolute atomic E-state index is 11.0. The highest BCUT2D eigenvalue weighted by atomic mass is 32.2. The molecule has 3 N–H and O–H groups in total. The molecular formula is C12H13N3O5S. The van der Waals surface area contributed by atoms with Gasteiger partial charge in [-0.15, -0.1) is 0 Å². The molecule has 9 heteroatoms. The second kappa shape index (κ2) is 6.04. The van der Waals surface area contributed by atoms with E-state index in [1.807, 2.05) is 0 Å². The van der Waals surface area contributed by atoms with Crippen molar-refractivity contribution in [2.75, 3.05) is 0 Å². The van der Waals surface area contributed by atoms with Crippen molar-refractivity contribution in [3.05, 3.63) is 57.8 Å². The molecule has 1 heterocycles. The summed E-state index contributed by atoms with van der Waals surface area (Å²) in [5.41, 5.74) is 0.551. The van der Waals surface area contributed by atoms with Crippen molar-refractivity contribution in [2.24, 2.45) is 5.14 Å². The van der Waals surface area contributed by atoms with Gasteiger partial charge in [-0.05, 0) is 12.1 Å². The monoisotopic (exact) mass is 311 g/mol. The molecule has 0 amide bonds. The van der Waals surface area contributed by atoms with Gasteiger partial charge in [-0.3, -0.25) is 10.1 Å². The lowest BCUT2D eigenvalue weighted by molar-refractivity contribution is -0.385. The number of primary sulfonamides is 1. The van der Waals surface area contributed by atoms with Crippen molar-refractivity contribution in [3.8, 4) is 0 Å². The molecule has 0 saturated carbocycles. The van der Waals surface area contributed by atoms with E-state index in [1.165, 1.54) is 18.2 Å². The van der Waals surface area contributed by atoms with E-state index < -0.39 is 14.9 Å². The summed E-state index contributed by atoms with van der Waals surface area (Å²) in [5.74, 6) is 0.373. The van der Waals surface area contributed by atoms with Crippen LogP contribution in [-0.2, 0) is 23.1 Å². The van der Waals surface area contributed by atoms with Gasteiger partial charge in [0.05, 0.1) is 11.5 Å². The van der Waals surface area contributed by atoms with Crippen LogP contribution in [0.4, 0.5) is 5.69 Å². The molecule has 0 radical (unpaired) electrons. The van der Waals surface area contributed by atoms with Gasteiger partial charge in [-0.2, -0.15) is 0 Å². The lowest BCUT2D eigenvalue weighted by atomic mass is 10.2. The molecule has 1 aromatic heterocycles. The Balaban J connectivity index is 1.99. The molecule has 2 aromatic rings. The van der Waals surface area contributed by atoms with Crippen LogP contribution in [0, 0.1) is 10.1 Å². The van der Waals surface area contributed by atoms with E-state index in [4.69, 9.17) is 9.56 Å². The van der Waals surface area contributed by atoms with Gasteiger partial charge in [0.15, 0.2) is 0 Å². The molecule has 0 aliphatic carbocycles. The second-order valence-electron chi connectivity index (χ2n) is 4.26. The van der Waals surface area contributed by atoms with Gasteiger partial charge < -0.3 is 9.73 Å². The number of rotatable bonds is 6. The van der Waals surface area contributed by atoms with Crippen LogP contribution in [0.5, 0.6) is 0 Å². The smallest absolute Gasteiger partial charge is 0.273 e. The van der Waals surface area contributed by atoms with Gasteiger partial charge in [0, 0.05) is 18.2 Å². The molecule has 0 bridgehead atoms. The summed E-state index contributed by atoms with van der Waals surface area (Å²) >= 11 is 0. The van der Waals surface area contributed by atoms with Crippen LogP contribution in [0.3, 0.4) is 0 Å². The zero-order valence-corrected chi connectivity index (χ0v) is 11.7. The number of nitrogens with one attached hydrogen (secondary N) is 1. The summed E-state index contributed by atoms with van der Waals surface area (Å²) in [7, 11) is -3.86. The van der Waals surface area contributed by atoms with Crippen LogP contribution in [0.2, 0.25) is 0 Å². The van der Waals surface area contributed by atoms with E-state index >= 15 is 0 Å². The number of benzene rings is 1. The number of nitrogens with zero attached hydrogens (tertiary/aromatic N) is 1. The number of nitro groups is 1. The van der Waals surface area contributed by atoms with Gasteiger partial charge in [0.1, 0.15) is 5.76 Å². The van der Waals surface area contributed by atoms with E-state index in [9.17, 15) is 18.5 Å². The maximum Gasteiger partial charge on any atom is 0.273 e. The van der Waals surface area contributed by atoms with Crippen LogP contribution in [0.1, 0.15) is 11.3 Å². The van der Waals surface area contributed by atoms with Crippen molar-refractivity contribution in [1.29, 1.82) is 0 Å². The van der Waals surface area contributed by atoms with E-state index in [1.54, 1.807) is 18.2 Å². The zero-order valence-electron chi connectivity index (χ0n) is 10.9. The SMILES string of the molecule is NS(=O)(=O)c1ccc(CNCc2ccccc2[N+](=O)[O-])o1. The fourth-order valence-corrected chi connectivity index (χ4v) is 2.25. The van der Waals surface area contributed by atoms with Crippen LogP contribution < -0.4 is 10.5 Å². The molecule has 21 heavy (non-hydrogen) atoms. The first-order chi connectivity index (χ1) is 9.88. The minimum Gasteiger partial charge on any atom is -0.447 e. The summed E-state index contributed by atoms with van der Waals surface area (Å²) in [6, 6.07) is 9.10. The van der Waals surface area contributed by atoms with E-state index in [0.29, 0.717) is 11.3 Å². The van der Waals surface area contributed by atoms with Crippen LogP contribution >= 0.6 is 0 Å². The number of para-hydroxylation sites is 1. The van der Waals surface area contributed by atoms with E-state index in [2.05, 4.69) is 5.32 Å². The van der Waals surface area contributed by atoms with Crippen molar-refractivity contribution in [2.45, 2.75) is 18.2 Å². The van der Waals surface area contributed by atoms with Gasteiger partial charge in [0.25, 0.3) is 15.7 Å². The Bertz CT molecular complexity index is 754. The normalized spacial score (nSPS) is 11.5. The highest BCUT2D eigenvalue weighted by molar-refractivity contribution is 7.89. The molecule has 0 spiro atoms. The van der Waals surface area contributed by atoms with Crippen LogP contribution in [-0.4, -0.2) is 13.3 Å². The highest BCUT2D eigenvalue weighted by Gasteiger charge is 2.14. The predicted octanol–water partition coefficient (Wildman–Crippen LogP) is 1.12. The lowest BCUT2D eigenvalue weighted by Crippen LogP contribution is -2.14. The van der Waals surface area contributed by atoms with Gasteiger partial charge in [0.2, 0.25) is 5.09 Å². The Morgan fingerprint density at radius 2 is 1.90 bits per heavy atom. The number of hydrogen-bond donors (Lipinski definition) is 2. The standard InChI is InChI=1S/C12H13N3O5S/c13-21(18,19)12-6-5-10(20-12)8-14-7-9-3-1-2-4-11(9)15(16)17/h1-6,14H,7-8H2,(H2,13,18,19). The summed E-state index contributed by atoms with van der Waals surface area (Å²) < 4.78 is 27.2. The number of nitro benzene ring substituents is 1. The molecule has 1 aromatic carbocycles. The summed E-state index contributed by atoms with van der Waals surface area (Å²) in [6.07, 6.45) is 0. The quantitative estimate of drug-likeness (QED) is 0.607. The zero-order chi connectivity index (χ0) is 15.5. The third-order valence-electron chi connectivity index (χ3n) is 2.72. The second-order valence-corrected chi connectivity index (χ2v) is 5.75. The fraction of sp³-hybridized carbons (Fsp3) is 0.167. The Morgan fingerprint density at radius 3 is 2.52 bits per heavy atom. The Labute approximate surface area is 120 Å². The predicted molar refractivity (Wildman–Crippen MR) is 73.7 cm³/mol. The Hall–Kier alpha value is -2.23. The molecule has 112 valence electrons. The fourth-order valence-electron chi connectivity index (χ4n) is 1.76. The summed E-state index contributed by atoms with van der Waals surface area (Å²) in [5, 5.41) is 18.4. The highest BCUT2D eigenvalue weighted by Crippen LogP contribution is 2.17. The molecule has 0 saturated heterocycles. The number of nitrogens with two attached hydrogens (primary N) is 1. The lowest BCUT2D eigenvalue weighted by Gasteiger charge is -2.04. The number of sulfonamides is 1.